The summed E-state index contributed by atoms with van der Waals surface area (Å²) in [7, 11) is 0. The van der Waals surface area contributed by atoms with E-state index in [0.717, 1.165) is 11.8 Å². The first-order valence-electron chi connectivity index (χ1n) is 8.22. The van der Waals surface area contributed by atoms with Gasteiger partial charge in [-0.3, -0.25) is 0 Å². The van der Waals surface area contributed by atoms with Crippen LogP contribution in [0.5, 0.6) is 0 Å². The van der Waals surface area contributed by atoms with E-state index in [1.807, 2.05) is 0 Å². The Kier molecular flexibility index (Phi) is 5.32. The molecule has 0 aromatic rings. The first-order valence-corrected chi connectivity index (χ1v) is 8.22. The van der Waals surface area contributed by atoms with Crippen molar-refractivity contribution < 1.29 is 0 Å². The van der Waals surface area contributed by atoms with E-state index in [4.69, 9.17) is 0 Å². The van der Waals surface area contributed by atoms with Crippen LogP contribution in [-0.2, 0) is 0 Å². The van der Waals surface area contributed by atoms with Crippen LogP contribution >= 0.6 is 0 Å². The molecule has 2 heterocycles. The molecule has 0 spiro atoms. The predicted molar refractivity (Wildman–Crippen MR) is 83.1 cm³/mol. The second kappa shape index (κ2) is 6.78. The Morgan fingerprint density at radius 3 is 2.16 bits per heavy atom. The van der Waals surface area contributed by atoms with Crippen molar-refractivity contribution in [3.8, 4) is 0 Å². The van der Waals surface area contributed by atoms with Gasteiger partial charge >= 0.3 is 0 Å². The Morgan fingerprint density at radius 2 is 1.63 bits per heavy atom. The highest BCUT2D eigenvalue weighted by atomic mass is 15.2. The van der Waals surface area contributed by atoms with Crippen molar-refractivity contribution in [2.75, 3.05) is 32.7 Å². The Labute approximate surface area is 119 Å². The topological polar surface area (TPSA) is 6.48 Å². The molecule has 0 aliphatic carbocycles. The smallest absolute Gasteiger partial charge is 0.0178 e. The summed E-state index contributed by atoms with van der Waals surface area (Å²) in [6.45, 7) is 17.6. The fraction of sp³-hybridized carbons (Fsp3) is 0.882. The molecule has 2 aliphatic rings. The molecule has 0 bridgehead atoms. The van der Waals surface area contributed by atoms with E-state index < -0.39 is 0 Å². The summed E-state index contributed by atoms with van der Waals surface area (Å²) in [5, 5.41) is 0. The lowest BCUT2D eigenvalue weighted by Crippen LogP contribution is -2.41. The summed E-state index contributed by atoms with van der Waals surface area (Å²) in [6.07, 6.45) is 5.53. The highest BCUT2D eigenvalue weighted by Gasteiger charge is 2.24. The molecule has 0 unspecified atom stereocenters. The Bertz CT molecular complexity index is 282. The molecule has 0 amide bonds. The molecule has 0 saturated carbocycles. The number of hydrogen-bond acceptors (Lipinski definition) is 2. The third kappa shape index (κ3) is 4.24. The van der Waals surface area contributed by atoms with Crippen molar-refractivity contribution >= 4 is 0 Å². The van der Waals surface area contributed by atoms with Crippen molar-refractivity contribution in [2.45, 2.75) is 46.5 Å². The minimum absolute atomic E-state index is 0.597. The number of allylic oxidation sites excluding steroid dienone is 1. The van der Waals surface area contributed by atoms with Crippen LogP contribution in [0.4, 0.5) is 0 Å². The summed E-state index contributed by atoms with van der Waals surface area (Å²) in [4.78, 5) is 5.22. The average molecular weight is 264 g/mol. The van der Waals surface area contributed by atoms with Gasteiger partial charge in [-0.2, -0.15) is 0 Å². The molecule has 2 nitrogen and oxygen atoms in total. The fourth-order valence-electron chi connectivity index (χ4n) is 3.38. The number of likely N-dealkylation sites (tertiary alicyclic amines) is 2. The van der Waals surface area contributed by atoms with Gasteiger partial charge in [-0.25, -0.2) is 0 Å². The molecule has 110 valence electrons. The number of piperidine rings is 2. The van der Waals surface area contributed by atoms with E-state index in [-0.39, 0.29) is 0 Å². The highest BCUT2D eigenvalue weighted by molar-refractivity contribution is 4.98. The summed E-state index contributed by atoms with van der Waals surface area (Å²) in [5.74, 6) is 2.47. The molecule has 0 radical (unpaired) electrons. The monoisotopic (exact) mass is 264 g/mol. The van der Waals surface area contributed by atoms with E-state index in [0.29, 0.717) is 5.92 Å². The van der Waals surface area contributed by atoms with E-state index in [1.54, 1.807) is 0 Å². The lowest BCUT2D eigenvalue weighted by molar-refractivity contribution is 0.129. The molecule has 0 aromatic heterocycles. The van der Waals surface area contributed by atoms with Crippen molar-refractivity contribution in [3.63, 3.8) is 0 Å². The Morgan fingerprint density at radius 1 is 1.05 bits per heavy atom. The standard InChI is InChI=1S/C17H32N2/c1-14(2)16(4)19-11-7-17(8-12-19)13-18-9-5-15(3)6-10-18/h14-15,17H,4-13H2,1-3H3. The van der Waals surface area contributed by atoms with Crippen molar-refractivity contribution in [2.24, 2.45) is 17.8 Å². The van der Waals surface area contributed by atoms with Crippen LogP contribution in [0.1, 0.15) is 46.5 Å². The number of nitrogens with zero attached hydrogens (tertiary/aromatic N) is 2. The van der Waals surface area contributed by atoms with Crippen LogP contribution in [0.2, 0.25) is 0 Å². The minimum atomic E-state index is 0.597. The second-order valence-electron chi connectivity index (χ2n) is 7.06. The molecule has 2 aliphatic heterocycles. The van der Waals surface area contributed by atoms with Gasteiger partial charge in [0, 0.05) is 25.3 Å². The number of rotatable bonds is 4. The van der Waals surface area contributed by atoms with Gasteiger partial charge in [0.1, 0.15) is 0 Å². The summed E-state index contributed by atoms with van der Waals surface area (Å²) in [5.41, 5.74) is 1.34. The largest absolute Gasteiger partial charge is 0.375 e. The third-order valence-corrected chi connectivity index (χ3v) is 5.08. The summed E-state index contributed by atoms with van der Waals surface area (Å²) < 4.78 is 0. The van der Waals surface area contributed by atoms with Crippen LogP contribution in [0.3, 0.4) is 0 Å². The van der Waals surface area contributed by atoms with Gasteiger partial charge in [-0.15, -0.1) is 0 Å². The predicted octanol–water partition coefficient (Wildman–Crippen LogP) is 3.60. The van der Waals surface area contributed by atoms with E-state index in [9.17, 15) is 0 Å². The maximum Gasteiger partial charge on any atom is 0.0178 e. The van der Waals surface area contributed by atoms with Crippen molar-refractivity contribution in [3.05, 3.63) is 12.3 Å². The normalized spacial score (nSPS) is 24.1. The molecular formula is C17H32N2. The molecule has 2 rings (SSSR count). The minimum Gasteiger partial charge on any atom is -0.375 e. The lowest BCUT2D eigenvalue weighted by atomic mass is 9.93. The first-order chi connectivity index (χ1) is 9.06. The summed E-state index contributed by atoms with van der Waals surface area (Å²) in [6, 6.07) is 0. The summed E-state index contributed by atoms with van der Waals surface area (Å²) >= 11 is 0. The third-order valence-electron chi connectivity index (χ3n) is 5.08. The Balaban J connectivity index is 1.70. The van der Waals surface area contributed by atoms with Crippen LogP contribution in [0.25, 0.3) is 0 Å². The molecule has 2 fully saturated rings. The van der Waals surface area contributed by atoms with Gasteiger partial charge in [0.05, 0.1) is 0 Å². The molecule has 2 saturated heterocycles. The first kappa shape index (κ1) is 14.9. The van der Waals surface area contributed by atoms with Gasteiger partial charge in [0.25, 0.3) is 0 Å². The average Bonchev–Trinajstić information content (AvgIpc) is 2.41. The molecule has 19 heavy (non-hydrogen) atoms. The van der Waals surface area contributed by atoms with Crippen LogP contribution in [-0.4, -0.2) is 42.5 Å². The van der Waals surface area contributed by atoms with E-state index in [2.05, 4.69) is 37.1 Å². The Hall–Kier alpha value is -0.500. The maximum absolute atomic E-state index is 4.24. The van der Waals surface area contributed by atoms with Crippen LogP contribution in [0, 0.1) is 17.8 Å². The van der Waals surface area contributed by atoms with Gasteiger partial charge in [-0.05, 0) is 56.5 Å². The number of hydrogen-bond donors (Lipinski definition) is 0. The zero-order valence-corrected chi connectivity index (χ0v) is 13.2. The van der Waals surface area contributed by atoms with E-state index in [1.165, 1.54) is 64.1 Å². The molecular weight excluding hydrogens is 232 g/mol. The zero-order chi connectivity index (χ0) is 13.8. The van der Waals surface area contributed by atoms with Crippen molar-refractivity contribution in [1.82, 2.24) is 9.80 Å². The molecule has 0 N–H and O–H groups in total. The lowest BCUT2D eigenvalue weighted by Gasteiger charge is -2.39. The van der Waals surface area contributed by atoms with Crippen LogP contribution in [0.15, 0.2) is 12.3 Å². The fourth-order valence-corrected chi connectivity index (χ4v) is 3.38. The highest BCUT2D eigenvalue weighted by Crippen LogP contribution is 2.25. The van der Waals surface area contributed by atoms with Gasteiger partial charge in [0.2, 0.25) is 0 Å². The molecule has 2 heteroatoms. The molecule has 0 atom stereocenters. The SMILES string of the molecule is C=C(C(C)C)N1CCC(CN2CCC(C)CC2)CC1. The maximum atomic E-state index is 4.24. The second-order valence-corrected chi connectivity index (χ2v) is 7.06. The zero-order valence-electron chi connectivity index (χ0n) is 13.2. The van der Waals surface area contributed by atoms with Gasteiger partial charge in [0.15, 0.2) is 0 Å². The van der Waals surface area contributed by atoms with Crippen LogP contribution < -0.4 is 0 Å². The molecule has 0 aromatic carbocycles. The van der Waals surface area contributed by atoms with Crippen molar-refractivity contribution in [1.29, 1.82) is 0 Å². The quantitative estimate of drug-likeness (QED) is 0.765. The van der Waals surface area contributed by atoms with Gasteiger partial charge in [-0.1, -0.05) is 27.4 Å². The van der Waals surface area contributed by atoms with E-state index >= 15 is 0 Å². The van der Waals surface area contributed by atoms with Gasteiger partial charge < -0.3 is 9.80 Å².